The Hall–Kier alpha value is -3.29. The van der Waals surface area contributed by atoms with Gasteiger partial charge in [-0.25, -0.2) is 4.68 Å². The molecule has 21 heavy (non-hydrogen) atoms. The summed E-state index contributed by atoms with van der Waals surface area (Å²) in [6.45, 7) is 0. The van der Waals surface area contributed by atoms with Gasteiger partial charge in [-0.15, -0.1) is 5.10 Å². The van der Waals surface area contributed by atoms with Gasteiger partial charge in [-0.05, 0) is 40.8 Å². The van der Waals surface area contributed by atoms with Crippen molar-refractivity contribution in [1.29, 1.82) is 0 Å². The molecule has 0 radical (unpaired) electrons. The van der Waals surface area contributed by atoms with Crippen LogP contribution in [0.5, 0.6) is 0 Å². The molecule has 0 bridgehead atoms. The minimum atomic E-state index is -0.481. The van der Waals surface area contributed by atoms with E-state index in [4.69, 9.17) is 0 Å². The molecule has 2 N–H and O–H groups in total. The molecule has 0 saturated heterocycles. The Kier molecular flexibility index (Phi) is 3.26. The summed E-state index contributed by atoms with van der Waals surface area (Å²) < 4.78 is 1.46. The van der Waals surface area contributed by atoms with Crippen LogP contribution in [0, 0.1) is 0 Å². The average molecular weight is 282 g/mol. The van der Waals surface area contributed by atoms with Gasteiger partial charge in [0.1, 0.15) is 11.9 Å². The van der Waals surface area contributed by atoms with Crippen molar-refractivity contribution in [3.8, 4) is 5.69 Å². The van der Waals surface area contributed by atoms with Crippen molar-refractivity contribution in [3.05, 3.63) is 64.8 Å². The number of hydrogen-bond donors (Lipinski definition) is 2. The summed E-state index contributed by atoms with van der Waals surface area (Å²) in [5.41, 5.74) is 0.841. The first kappa shape index (κ1) is 12.7. The molecule has 0 aliphatic heterocycles. The molecular formula is C13H10N6O2. The van der Waals surface area contributed by atoms with E-state index >= 15 is 0 Å². The van der Waals surface area contributed by atoms with E-state index in [0.717, 1.165) is 0 Å². The fourth-order valence-corrected chi connectivity index (χ4v) is 1.80. The third-order valence-corrected chi connectivity index (χ3v) is 2.78. The molecule has 8 heteroatoms. The highest BCUT2D eigenvalue weighted by molar-refractivity contribution is 6.04. The van der Waals surface area contributed by atoms with Crippen molar-refractivity contribution in [2.45, 2.75) is 0 Å². The Morgan fingerprint density at radius 2 is 2.14 bits per heavy atom. The second-order valence-electron chi connectivity index (χ2n) is 4.17. The van der Waals surface area contributed by atoms with E-state index in [0.29, 0.717) is 11.4 Å². The van der Waals surface area contributed by atoms with Gasteiger partial charge in [0.25, 0.3) is 11.5 Å². The lowest BCUT2D eigenvalue weighted by molar-refractivity contribution is 0.102. The summed E-state index contributed by atoms with van der Waals surface area (Å²) >= 11 is 0. The molecule has 0 fully saturated rings. The Balaban J connectivity index is 1.86. The summed E-state index contributed by atoms with van der Waals surface area (Å²) in [7, 11) is 0. The summed E-state index contributed by atoms with van der Waals surface area (Å²) in [4.78, 5) is 26.1. The van der Waals surface area contributed by atoms with Gasteiger partial charge in [0.2, 0.25) is 0 Å². The van der Waals surface area contributed by atoms with Crippen molar-refractivity contribution in [2.24, 2.45) is 0 Å². The molecule has 1 aromatic carbocycles. The predicted molar refractivity (Wildman–Crippen MR) is 74.2 cm³/mol. The number of hydrogen-bond acceptors (Lipinski definition) is 5. The van der Waals surface area contributed by atoms with Crippen LogP contribution in [-0.4, -0.2) is 31.1 Å². The van der Waals surface area contributed by atoms with E-state index < -0.39 is 11.5 Å². The minimum Gasteiger partial charge on any atom is -0.328 e. The second-order valence-corrected chi connectivity index (χ2v) is 4.17. The van der Waals surface area contributed by atoms with Crippen LogP contribution in [0.4, 0.5) is 5.69 Å². The molecule has 0 spiro atoms. The van der Waals surface area contributed by atoms with E-state index in [1.165, 1.54) is 23.3 Å². The Morgan fingerprint density at radius 1 is 1.24 bits per heavy atom. The van der Waals surface area contributed by atoms with Crippen molar-refractivity contribution in [3.63, 3.8) is 0 Å². The number of amides is 1. The number of benzene rings is 1. The van der Waals surface area contributed by atoms with Crippen molar-refractivity contribution in [1.82, 2.24) is 25.2 Å². The third-order valence-electron chi connectivity index (χ3n) is 2.78. The maximum atomic E-state index is 12.1. The maximum absolute atomic E-state index is 12.1. The van der Waals surface area contributed by atoms with E-state index in [2.05, 4.69) is 25.8 Å². The highest BCUT2D eigenvalue weighted by Crippen LogP contribution is 2.13. The van der Waals surface area contributed by atoms with Crippen LogP contribution < -0.4 is 10.9 Å². The molecule has 8 nitrogen and oxygen atoms in total. The van der Waals surface area contributed by atoms with Gasteiger partial charge < -0.3 is 10.3 Å². The number of carbonyl (C=O) groups is 1. The second kappa shape index (κ2) is 5.37. The number of carbonyl (C=O) groups excluding carboxylic acids is 1. The molecule has 3 aromatic rings. The number of rotatable bonds is 3. The topological polar surface area (TPSA) is 106 Å². The first-order valence-corrected chi connectivity index (χ1v) is 6.06. The Labute approximate surface area is 118 Å². The summed E-state index contributed by atoms with van der Waals surface area (Å²) in [6, 6.07) is 10.0. The molecule has 0 aliphatic carbocycles. The van der Waals surface area contributed by atoms with Gasteiger partial charge >= 0.3 is 0 Å². The van der Waals surface area contributed by atoms with Gasteiger partial charge in [0.05, 0.1) is 5.69 Å². The average Bonchev–Trinajstić information content (AvgIpc) is 3.02. The number of anilines is 1. The third kappa shape index (κ3) is 2.68. The lowest BCUT2D eigenvalue weighted by Crippen LogP contribution is -2.22. The molecule has 2 aromatic heterocycles. The number of H-pyrrole nitrogens is 1. The van der Waals surface area contributed by atoms with Gasteiger partial charge in [-0.1, -0.05) is 6.07 Å². The van der Waals surface area contributed by atoms with E-state index in [1.807, 2.05) is 0 Å². The number of aromatic amines is 1. The molecule has 0 atom stereocenters. The van der Waals surface area contributed by atoms with Crippen LogP contribution in [0.15, 0.2) is 53.7 Å². The molecule has 3 rings (SSSR count). The van der Waals surface area contributed by atoms with E-state index in [-0.39, 0.29) is 5.56 Å². The highest BCUT2D eigenvalue weighted by atomic mass is 16.2. The molecule has 1 amide bonds. The zero-order valence-electron chi connectivity index (χ0n) is 10.7. The van der Waals surface area contributed by atoms with Gasteiger partial charge in [-0.3, -0.25) is 9.59 Å². The molecular weight excluding hydrogens is 272 g/mol. The largest absolute Gasteiger partial charge is 0.328 e. The predicted octanol–water partition coefficient (Wildman–Crippen LogP) is 0.603. The monoisotopic (exact) mass is 282 g/mol. The van der Waals surface area contributed by atoms with Crippen LogP contribution in [0.1, 0.15) is 10.4 Å². The van der Waals surface area contributed by atoms with Crippen LogP contribution in [0.25, 0.3) is 5.69 Å². The van der Waals surface area contributed by atoms with Crippen LogP contribution in [0.3, 0.4) is 0 Å². The maximum Gasteiger partial charge on any atom is 0.261 e. The van der Waals surface area contributed by atoms with Crippen LogP contribution >= 0.6 is 0 Å². The molecule has 0 saturated carbocycles. The van der Waals surface area contributed by atoms with Crippen LogP contribution in [-0.2, 0) is 0 Å². The smallest absolute Gasteiger partial charge is 0.261 e. The lowest BCUT2D eigenvalue weighted by Gasteiger charge is -2.06. The number of nitrogens with zero attached hydrogens (tertiary/aromatic N) is 4. The first-order valence-electron chi connectivity index (χ1n) is 6.06. The summed E-state index contributed by atoms with van der Waals surface area (Å²) in [6.07, 6.45) is 2.92. The molecule has 0 unspecified atom stereocenters. The summed E-state index contributed by atoms with van der Waals surface area (Å²) in [5, 5.41) is 13.5. The quantitative estimate of drug-likeness (QED) is 0.732. The normalized spacial score (nSPS) is 10.3. The Morgan fingerprint density at radius 3 is 2.90 bits per heavy atom. The zero-order valence-corrected chi connectivity index (χ0v) is 10.7. The van der Waals surface area contributed by atoms with Crippen molar-refractivity contribution < 1.29 is 4.79 Å². The number of tetrazole rings is 1. The van der Waals surface area contributed by atoms with Crippen molar-refractivity contribution >= 4 is 11.6 Å². The number of nitrogens with one attached hydrogen (secondary N) is 2. The number of aromatic nitrogens is 5. The standard InChI is InChI=1S/C13H10N6O2/c20-12-11(5-2-6-14-12)13(21)16-9-3-1-4-10(7-9)19-8-15-17-18-19/h1-8H,(H,14,20)(H,16,21). The van der Waals surface area contributed by atoms with Crippen molar-refractivity contribution in [2.75, 3.05) is 5.32 Å². The zero-order chi connectivity index (χ0) is 14.7. The van der Waals surface area contributed by atoms with Gasteiger partial charge in [0.15, 0.2) is 0 Å². The highest BCUT2D eigenvalue weighted by Gasteiger charge is 2.10. The van der Waals surface area contributed by atoms with Gasteiger partial charge in [-0.2, -0.15) is 0 Å². The van der Waals surface area contributed by atoms with Gasteiger partial charge in [0, 0.05) is 11.9 Å². The number of pyridine rings is 1. The summed E-state index contributed by atoms with van der Waals surface area (Å²) in [5.74, 6) is -0.481. The first-order chi connectivity index (χ1) is 10.2. The molecule has 0 aliphatic rings. The minimum absolute atomic E-state index is 0.0466. The van der Waals surface area contributed by atoms with E-state index in [9.17, 15) is 9.59 Å². The SMILES string of the molecule is O=C(Nc1cccc(-n2cnnn2)c1)c1ccc[nH]c1=O. The fourth-order valence-electron chi connectivity index (χ4n) is 1.80. The lowest BCUT2D eigenvalue weighted by atomic mass is 10.2. The van der Waals surface area contributed by atoms with Crippen LogP contribution in [0.2, 0.25) is 0 Å². The fraction of sp³-hybridized carbons (Fsp3) is 0. The molecule has 2 heterocycles. The van der Waals surface area contributed by atoms with E-state index in [1.54, 1.807) is 30.3 Å². The Bertz CT molecular complexity index is 824. The molecule has 104 valence electrons.